The van der Waals surface area contributed by atoms with Crippen LogP contribution >= 0.6 is 0 Å². The van der Waals surface area contributed by atoms with E-state index in [4.69, 9.17) is 4.74 Å². The Labute approximate surface area is 174 Å². The van der Waals surface area contributed by atoms with Gasteiger partial charge in [0.15, 0.2) is 0 Å². The van der Waals surface area contributed by atoms with Gasteiger partial charge in [-0.2, -0.15) is 0 Å². The van der Waals surface area contributed by atoms with Crippen LogP contribution in [0.15, 0.2) is 47.6 Å². The van der Waals surface area contributed by atoms with Gasteiger partial charge in [0.05, 0.1) is 18.6 Å². The molecule has 0 aromatic heterocycles. The van der Waals surface area contributed by atoms with Crippen molar-refractivity contribution in [1.29, 1.82) is 0 Å². The Kier molecular flexibility index (Phi) is 7.08. The number of methoxy groups -OCH3 is 1. The Hall–Kier alpha value is -3.33. The summed E-state index contributed by atoms with van der Waals surface area (Å²) in [5, 5.41) is 13.7. The third-order valence-electron chi connectivity index (χ3n) is 5.27. The second kappa shape index (κ2) is 9.93. The van der Waals surface area contributed by atoms with Crippen LogP contribution in [0.1, 0.15) is 11.1 Å². The second-order valence-corrected chi connectivity index (χ2v) is 7.18. The number of nitrogens with zero attached hydrogens (tertiary/aromatic N) is 4. The van der Waals surface area contributed by atoms with Gasteiger partial charge in [-0.25, -0.2) is 0 Å². The molecule has 1 amide bonds. The topological polar surface area (TPSA) is 105 Å². The fourth-order valence-electron chi connectivity index (χ4n) is 3.47. The average molecular weight is 412 g/mol. The number of non-ortho nitro benzene ring substituents is 1. The molecule has 1 saturated heterocycles. The largest absolute Gasteiger partial charge is 0.494 e. The lowest BCUT2D eigenvalue weighted by molar-refractivity contribution is -0.384. The van der Waals surface area contributed by atoms with E-state index in [1.807, 2.05) is 11.0 Å². The highest BCUT2D eigenvalue weighted by Crippen LogP contribution is 2.28. The number of piperazine rings is 1. The number of ether oxygens (including phenoxy) is 1. The van der Waals surface area contributed by atoms with Crippen molar-refractivity contribution in [3.8, 4) is 5.75 Å². The average Bonchev–Trinajstić information content (AvgIpc) is 2.77. The van der Waals surface area contributed by atoms with Crippen LogP contribution in [0.5, 0.6) is 5.75 Å². The highest BCUT2D eigenvalue weighted by molar-refractivity contribution is 5.79. The summed E-state index contributed by atoms with van der Waals surface area (Å²) in [6.07, 6.45) is 1.41. The van der Waals surface area contributed by atoms with Crippen molar-refractivity contribution in [2.24, 2.45) is 5.18 Å². The number of hydrogen-bond acceptors (Lipinski definition) is 7. The van der Waals surface area contributed by atoms with E-state index in [0.717, 1.165) is 30.6 Å². The maximum absolute atomic E-state index is 12.5. The number of rotatable bonds is 9. The normalized spacial score (nSPS) is 14.6. The zero-order valence-electron chi connectivity index (χ0n) is 16.8. The molecule has 0 saturated carbocycles. The van der Waals surface area contributed by atoms with E-state index < -0.39 is 4.92 Å². The summed E-state index contributed by atoms with van der Waals surface area (Å²) >= 11 is 0. The number of benzene rings is 2. The molecule has 0 radical (unpaired) electrons. The molecule has 3 rings (SSSR count). The number of nitroso groups, excluding NO2 is 1. The zero-order chi connectivity index (χ0) is 21.5. The highest BCUT2D eigenvalue weighted by Gasteiger charge is 2.23. The Morgan fingerprint density at radius 1 is 1.07 bits per heavy atom. The third-order valence-corrected chi connectivity index (χ3v) is 5.27. The maximum Gasteiger partial charge on any atom is 0.269 e. The Balaban J connectivity index is 1.46. The predicted molar refractivity (Wildman–Crippen MR) is 112 cm³/mol. The fourth-order valence-corrected chi connectivity index (χ4v) is 3.47. The minimum absolute atomic E-state index is 0.0677. The summed E-state index contributed by atoms with van der Waals surface area (Å²) in [4.78, 5) is 37.5. The number of carbonyl (C=O) groups excluding carboxylic acids is 1. The Bertz CT molecular complexity index is 916. The monoisotopic (exact) mass is 412 g/mol. The van der Waals surface area contributed by atoms with Gasteiger partial charge in [0.1, 0.15) is 11.4 Å². The smallest absolute Gasteiger partial charge is 0.269 e. The quantitative estimate of drug-likeness (QED) is 0.356. The first kappa shape index (κ1) is 21.4. The van der Waals surface area contributed by atoms with Crippen molar-refractivity contribution < 1.29 is 14.5 Å². The van der Waals surface area contributed by atoms with E-state index >= 15 is 0 Å². The second-order valence-electron chi connectivity index (χ2n) is 7.18. The minimum Gasteiger partial charge on any atom is -0.494 e. The van der Waals surface area contributed by atoms with Crippen LogP contribution in [-0.4, -0.2) is 60.5 Å². The van der Waals surface area contributed by atoms with Gasteiger partial charge in [-0.1, -0.05) is 18.2 Å². The molecule has 2 aromatic rings. The van der Waals surface area contributed by atoms with Gasteiger partial charge in [0.25, 0.3) is 5.69 Å². The van der Waals surface area contributed by atoms with E-state index in [9.17, 15) is 19.8 Å². The van der Waals surface area contributed by atoms with Crippen molar-refractivity contribution in [2.45, 2.75) is 12.8 Å². The molecule has 9 heteroatoms. The summed E-state index contributed by atoms with van der Waals surface area (Å²) in [5.74, 6) is 0.538. The Morgan fingerprint density at radius 3 is 2.40 bits per heavy atom. The molecule has 158 valence electrons. The van der Waals surface area contributed by atoms with Crippen molar-refractivity contribution in [2.75, 3.05) is 39.8 Å². The predicted octanol–water partition coefficient (Wildman–Crippen LogP) is 2.93. The standard InChI is InChI=1S/C21H24N4O5/c1-30-20-14-17(4-7-19(20)22-27)8-10-23-12-13-24(21(26)15-23)11-9-16-2-5-18(6-3-16)25(28)29/h2-7,14H,8-13,15H2,1H3. The van der Waals surface area contributed by atoms with Gasteiger partial charge in [0, 0.05) is 38.3 Å². The molecule has 1 aliphatic rings. The number of hydrogen-bond donors (Lipinski definition) is 0. The maximum atomic E-state index is 12.5. The molecule has 1 heterocycles. The lowest BCUT2D eigenvalue weighted by Crippen LogP contribution is -2.51. The molecule has 0 atom stereocenters. The molecule has 0 bridgehead atoms. The van der Waals surface area contributed by atoms with Crippen LogP contribution < -0.4 is 4.74 Å². The molecule has 0 N–H and O–H groups in total. The van der Waals surface area contributed by atoms with Gasteiger partial charge in [0.2, 0.25) is 5.91 Å². The number of amides is 1. The molecule has 0 unspecified atom stereocenters. The van der Waals surface area contributed by atoms with Crippen LogP contribution in [0.2, 0.25) is 0 Å². The molecule has 0 spiro atoms. The SMILES string of the molecule is COc1cc(CCN2CCN(CCc3ccc([N+](=O)[O-])cc3)C(=O)C2)ccc1N=O. The van der Waals surface area contributed by atoms with Crippen molar-refractivity contribution in [3.63, 3.8) is 0 Å². The minimum atomic E-state index is -0.420. The molecule has 1 aliphatic heterocycles. The van der Waals surface area contributed by atoms with Crippen molar-refractivity contribution in [3.05, 3.63) is 68.6 Å². The van der Waals surface area contributed by atoms with Gasteiger partial charge in [-0.05, 0) is 41.3 Å². The van der Waals surface area contributed by atoms with Crippen LogP contribution in [0.3, 0.4) is 0 Å². The molecule has 30 heavy (non-hydrogen) atoms. The number of carbonyl (C=O) groups is 1. The molecule has 2 aromatic carbocycles. The van der Waals surface area contributed by atoms with E-state index in [1.165, 1.54) is 19.2 Å². The Morgan fingerprint density at radius 2 is 1.77 bits per heavy atom. The molecule has 1 fully saturated rings. The first-order valence-electron chi connectivity index (χ1n) is 9.74. The first-order chi connectivity index (χ1) is 14.5. The summed E-state index contributed by atoms with van der Waals surface area (Å²) in [6, 6.07) is 11.7. The van der Waals surface area contributed by atoms with Gasteiger partial charge in [-0.15, -0.1) is 4.91 Å². The summed E-state index contributed by atoms with van der Waals surface area (Å²) in [5.41, 5.74) is 2.33. The van der Waals surface area contributed by atoms with E-state index in [-0.39, 0.29) is 17.3 Å². The lowest BCUT2D eigenvalue weighted by atomic mass is 10.1. The number of nitro groups is 1. The van der Waals surface area contributed by atoms with E-state index in [1.54, 1.807) is 24.3 Å². The van der Waals surface area contributed by atoms with Crippen LogP contribution in [0.25, 0.3) is 0 Å². The molecule has 0 aliphatic carbocycles. The lowest BCUT2D eigenvalue weighted by Gasteiger charge is -2.34. The van der Waals surface area contributed by atoms with Crippen molar-refractivity contribution in [1.82, 2.24) is 9.80 Å². The summed E-state index contributed by atoms with van der Waals surface area (Å²) in [6.45, 7) is 3.15. The fraction of sp³-hybridized carbons (Fsp3) is 0.381. The first-order valence-corrected chi connectivity index (χ1v) is 9.74. The number of nitro benzene ring substituents is 1. The summed E-state index contributed by atoms with van der Waals surface area (Å²) < 4.78 is 5.18. The zero-order valence-corrected chi connectivity index (χ0v) is 16.8. The molecular weight excluding hydrogens is 388 g/mol. The van der Waals surface area contributed by atoms with E-state index in [0.29, 0.717) is 31.8 Å². The summed E-state index contributed by atoms with van der Waals surface area (Å²) in [7, 11) is 1.50. The van der Waals surface area contributed by atoms with E-state index in [2.05, 4.69) is 10.1 Å². The van der Waals surface area contributed by atoms with Crippen molar-refractivity contribution >= 4 is 17.3 Å². The van der Waals surface area contributed by atoms with Gasteiger partial charge < -0.3 is 9.64 Å². The van der Waals surface area contributed by atoms with Crippen LogP contribution in [0.4, 0.5) is 11.4 Å². The van der Waals surface area contributed by atoms with Crippen LogP contribution in [-0.2, 0) is 17.6 Å². The van der Waals surface area contributed by atoms with Crippen LogP contribution in [0, 0.1) is 15.0 Å². The van der Waals surface area contributed by atoms with Gasteiger partial charge in [-0.3, -0.25) is 19.8 Å². The molecular formula is C21H24N4O5. The highest BCUT2D eigenvalue weighted by atomic mass is 16.6. The molecule has 9 nitrogen and oxygen atoms in total. The third kappa shape index (κ3) is 5.38. The van der Waals surface area contributed by atoms with Gasteiger partial charge >= 0.3 is 0 Å².